The molecule has 2 saturated heterocycles. The Morgan fingerprint density at radius 3 is 2.09 bits per heavy atom. The van der Waals surface area contributed by atoms with Gasteiger partial charge in [-0.3, -0.25) is 0 Å². The average molecular weight is 453 g/mol. The van der Waals surface area contributed by atoms with Gasteiger partial charge in [0.25, 0.3) is 0 Å². The summed E-state index contributed by atoms with van der Waals surface area (Å²) < 4.78 is 54.9. The molecule has 0 aromatic heterocycles. The zero-order valence-corrected chi connectivity index (χ0v) is 18.6. The van der Waals surface area contributed by atoms with Gasteiger partial charge >= 0.3 is 0 Å². The Labute approximate surface area is 192 Å². The summed E-state index contributed by atoms with van der Waals surface area (Å²) in [5, 5.41) is 0. The van der Waals surface area contributed by atoms with E-state index < -0.39 is 11.6 Å². The number of epoxide rings is 1. The minimum Gasteiger partial charge on any atom is -0.378 e. The van der Waals surface area contributed by atoms with Gasteiger partial charge in [-0.15, -0.1) is 0 Å². The van der Waals surface area contributed by atoms with Crippen LogP contribution in [-0.4, -0.2) is 19.3 Å². The van der Waals surface area contributed by atoms with Gasteiger partial charge in [-0.05, 0) is 47.6 Å². The number of halogens is 3. The van der Waals surface area contributed by atoms with Gasteiger partial charge in [0, 0.05) is 17.0 Å². The van der Waals surface area contributed by atoms with E-state index >= 15 is 0 Å². The predicted molar refractivity (Wildman–Crippen MR) is 123 cm³/mol. The van der Waals surface area contributed by atoms with Crippen LogP contribution in [0.3, 0.4) is 0 Å². The third-order valence-corrected chi connectivity index (χ3v) is 6.74. The first-order chi connectivity index (χ1) is 16.0. The molecule has 3 atom stereocenters. The highest BCUT2D eigenvalue weighted by molar-refractivity contribution is 5.71. The molecule has 2 aliphatic heterocycles. The van der Waals surface area contributed by atoms with E-state index in [-0.39, 0.29) is 29.0 Å². The van der Waals surface area contributed by atoms with Crippen molar-refractivity contribution in [2.45, 2.75) is 50.7 Å². The van der Waals surface area contributed by atoms with Crippen molar-refractivity contribution >= 4 is 0 Å². The van der Waals surface area contributed by atoms with Crippen molar-refractivity contribution in [3.8, 4) is 22.3 Å². The predicted octanol–water partition coefficient (Wildman–Crippen LogP) is 7.57. The Hall–Kier alpha value is -2.63. The van der Waals surface area contributed by atoms with Gasteiger partial charge in [0.2, 0.25) is 0 Å². The van der Waals surface area contributed by atoms with Crippen LogP contribution in [0.4, 0.5) is 13.2 Å². The maximum absolute atomic E-state index is 15.0. The lowest BCUT2D eigenvalue weighted by molar-refractivity contribution is -0.00172. The maximum atomic E-state index is 15.0. The standard InChI is InChI=1S/C28H27F3O2/c1-2-3-21-10-8-20(15-32-21)22-11-9-19(14-25(22)29)17-4-6-18(7-5-17)23-12-13-24(26-16-33-26)28(31)27(23)30/h4-7,9,11-14,20-21,26H,2-3,8,10,15-16H2,1H3. The molecule has 0 saturated carbocycles. The van der Waals surface area contributed by atoms with Crippen LogP contribution in [0.5, 0.6) is 0 Å². The first-order valence-corrected chi connectivity index (χ1v) is 11.7. The molecule has 3 unspecified atom stereocenters. The van der Waals surface area contributed by atoms with Gasteiger partial charge in [-0.1, -0.05) is 61.9 Å². The first kappa shape index (κ1) is 22.2. The van der Waals surface area contributed by atoms with Crippen LogP contribution in [0.2, 0.25) is 0 Å². The molecule has 3 aromatic rings. The van der Waals surface area contributed by atoms with Crippen molar-refractivity contribution < 1.29 is 22.6 Å². The van der Waals surface area contributed by atoms with Crippen LogP contribution < -0.4 is 0 Å². The second kappa shape index (κ2) is 9.32. The van der Waals surface area contributed by atoms with Crippen LogP contribution in [0.1, 0.15) is 55.8 Å². The van der Waals surface area contributed by atoms with Gasteiger partial charge in [0.05, 0.1) is 19.3 Å². The highest BCUT2D eigenvalue weighted by atomic mass is 19.2. The van der Waals surface area contributed by atoms with E-state index in [1.807, 2.05) is 12.1 Å². The molecule has 3 aromatic carbocycles. The lowest BCUT2D eigenvalue weighted by Crippen LogP contribution is -2.25. The largest absolute Gasteiger partial charge is 0.378 e. The fourth-order valence-electron chi connectivity index (χ4n) is 4.74. The molecule has 2 nitrogen and oxygen atoms in total. The van der Waals surface area contributed by atoms with Gasteiger partial charge in [-0.25, -0.2) is 13.2 Å². The Morgan fingerprint density at radius 1 is 0.758 bits per heavy atom. The summed E-state index contributed by atoms with van der Waals surface area (Å²) in [5.74, 6) is -1.88. The van der Waals surface area contributed by atoms with Crippen LogP contribution in [0.25, 0.3) is 22.3 Å². The van der Waals surface area contributed by atoms with Crippen molar-refractivity contribution in [3.05, 3.63) is 83.2 Å². The van der Waals surface area contributed by atoms with Crippen molar-refractivity contribution in [2.24, 2.45) is 0 Å². The molecule has 2 heterocycles. The molecule has 2 aliphatic rings. The van der Waals surface area contributed by atoms with Crippen LogP contribution in [-0.2, 0) is 9.47 Å². The van der Waals surface area contributed by atoms with Crippen molar-refractivity contribution in [2.75, 3.05) is 13.2 Å². The molecular formula is C28H27F3O2. The molecule has 5 heteroatoms. The quantitative estimate of drug-likeness (QED) is 0.360. The monoisotopic (exact) mass is 452 g/mol. The highest BCUT2D eigenvalue weighted by Crippen LogP contribution is 2.37. The van der Waals surface area contributed by atoms with Crippen LogP contribution in [0.15, 0.2) is 54.6 Å². The minimum absolute atomic E-state index is 0.0800. The average Bonchev–Trinajstić information content (AvgIpc) is 3.67. The molecular weight excluding hydrogens is 425 g/mol. The Morgan fingerprint density at radius 2 is 1.45 bits per heavy atom. The second-order valence-electron chi connectivity index (χ2n) is 8.98. The van der Waals surface area contributed by atoms with E-state index in [9.17, 15) is 13.2 Å². The summed E-state index contributed by atoms with van der Waals surface area (Å²) in [6.45, 7) is 3.13. The molecule has 172 valence electrons. The maximum Gasteiger partial charge on any atom is 0.167 e. The molecule has 5 rings (SSSR count). The Balaban J connectivity index is 1.33. The number of benzene rings is 3. The number of hydrogen-bond donors (Lipinski definition) is 0. The molecule has 33 heavy (non-hydrogen) atoms. The lowest BCUT2D eigenvalue weighted by Gasteiger charge is -2.29. The number of hydrogen-bond acceptors (Lipinski definition) is 2. The van der Waals surface area contributed by atoms with Gasteiger partial charge in [0.15, 0.2) is 11.6 Å². The number of ether oxygens (including phenoxy) is 2. The third-order valence-electron chi connectivity index (χ3n) is 6.74. The molecule has 0 radical (unpaired) electrons. The smallest absolute Gasteiger partial charge is 0.167 e. The lowest BCUT2D eigenvalue weighted by atomic mass is 9.89. The Kier molecular flexibility index (Phi) is 6.26. The fourth-order valence-corrected chi connectivity index (χ4v) is 4.74. The van der Waals surface area contributed by atoms with Crippen LogP contribution >= 0.6 is 0 Å². The molecule has 2 fully saturated rings. The highest BCUT2D eigenvalue weighted by Gasteiger charge is 2.30. The fraction of sp³-hybridized carbons (Fsp3) is 0.357. The van der Waals surface area contributed by atoms with Gasteiger partial charge < -0.3 is 9.47 Å². The van der Waals surface area contributed by atoms with Crippen LogP contribution in [0, 0.1) is 17.5 Å². The van der Waals surface area contributed by atoms with Gasteiger partial charge in [0.1, 0.15) is 11.9 Å². The summed E-state index contributed by atoms with van der Waals surface area (Å²) in [5.41, 5.74) is 3.28. The SMILES string of the molecule is CCCC1CCC(c2ccc(-c3ccc(-c4ccc(C5CO5)c(F)c4F)cc3)cc2F)CO1. The zero-order chi connectivity index (χ0) is 22.9. The second-order valence-corrected chi connectivity index (χ2v) is 8.98. The molecule has 0 bridgehead atoms. The van der Waals surface area contributed by atoms with Crippen molar-refractivity contribution in [1.82, 2.24) is 0 Å². The van der Waals surface area contributed by atoms with E-state index in [4.69, 9.17) is 9.47 Å². The summed E-state index contributed by atoms with van der Waals surface area (Å²) in [4.78, 5) is 0. The van der Waals surface area contributed by atoms with Gasteiger partial charge in [-0.2, -0.15) is 0 Å². The normalized spacial score (nSPS) is 22.4. The van der Waals surface area contributed by atoms with E-state index in [0.717, 1.165) is 36.8 Å². The molecule has 0 spiro atoms. The van der Waals surface area contributed by atoms with E-state index in [1.165, 1.54) is 0 Å². The zero-order valence-electron chi connectivity index (χ0n) is 18.6. The third kappa shape index (κ3) is 4.57. The minimum atomic E-state index is -0.873. The van der Waals surface area contributed by atoms with E-state index in [0.29, 0.717) is 30.4 Å². The summed E-state index contributed by atoms with van der Waals surface area (Å²) in [7, 11) is 0. The summed E-state index contributed by atoms with van der Waals surface area (Å²) in [6.07, 6.45) is 4.01. The van der Waals surface area contributed by atoms with E-state index in [2.05, 4.69) is 6.92 Å². The molecule has 0 aliphatic carbocycles. The summed E-state index contributed by atoms with van der Waals surface area (Å²) >= 11 is 0. The molecule has 0 amide bonds. The first-order valence-electron chi connectivity index (χ1n) is 11.7. The topological polar surface area (TPSA) is 21.8 Å². The van der Waals surface area contributed by atoms with Crippen molar-refractivity contribution in [3.63, 3.8) is 0 Å². The van der Waals surface area contributed by atoms with E-state index in [1.54, 1.807) is 42.5 Å². The number of rotatable bonds is 6. The van der Waals surface area contributed by atoms with Crippen molar-refractivity contribution in [1.29, 1.82) is 0 Å². The Bertz CT molecular complexity index is 1130. The molecule has 0 N–H and O–H groups in total. The summed E-state index contributed by atoms with van der Waals surface area (Å²) in [6, 6.07) is 15.5.